The largest absolute Gasteiger partial charge is 0.309 e. The molecule has 0 aliphatic heterocycles. The number of hydrogen-bond acceptors (Lipinski definition) is 2. The molecule has 0 aliphatic rings. The molecule has 1 unspecified atom stereocenters. The highest BCUT2D eigenvalue weighted by molar-refractivity contribution is 5.25. The molecule has 0 amide bonds. The maximum absolute atomic E-state index is 4.51. The summed E-state index contributed by atoms with van der Waals surface area (Å²) in [5, 5.41) is 3.53. The Kier molecular flexibility index (Phi) is 4.69. The van der Waals surface area contributed by atoms with Gasteiger partial charge in [0, 0.05) is 6.20 Å². The van der Waals surface area contributed by atoms with Gasteiger partial charge in [0.05, 0.1) is 11.7 Å². The standard InChI is InChI=1S/C17H22N2/c1-4-18-17(16-11-14(3)9-10-19-16)12-15-7-5-13(2)6-8-15/h5-11,17-18H,4,12H2,1-3H3. The van der Waals surface area contributed by atoms with Gasteiger partial charge >= 0.3 is 0 Å². The van der Waals surface area contributed by atoms with E-state index in [1.807, 2.05) is 12.3 Å². The number of pyridine rings is 1. The zero-order valence-corrected chi connectivity index (χ0v) is 12.0. The molecule has 100 valence electrons. The summed E-state index contributed by atoms with van der Waals surface area (Å²) in [5.74, 6) is 0. The highest BCUT2D eigenvalue weighted by atomic mass is 14.9. The number of benzene rings is 1. The SMILES string of the molecule is CCNC(Cc1ccc(C)cc1)c1cc(C)ccn1. The summed E-state index contributed by atoms with van der Waals surface area (Å²) < 4.78 is 0. The van der Waals surface area contributed by atoms with Gasteiger partial charge in [0.2, 0.25) is 0 Å². The fourth-order valence-electron chi connectivity index (χ4n) is 2.24. The third-order valence-electron chi connectivity index (χ3n) is 3.30. The Bertz CT molecular complexity index is 517. The van der Waals surface area contributed by atoms with Crippen LogP contribution in [0.3, 0.4) is 0 Å². The van der Waals surface area contributed by atoms with Crippen molar-refractivity contribution in [3.63, 3.8) is 0 Å². The summed E-state index contributed by atoms with van der Waals surface area (Å²) in [6.45, 7) is 7.32. The second kappa shape index (κ2) is 6.48. The molecule has 2 heteroatoms. The van der Waals surface area contributed by atoms with Crippen molar-refractivity contribution in [2.75, 3.05) is 6.54 Å². The van der Waals surface area contributed by atoms with Crippen LogP contribution in [0.15, 0.2) is 42.6 Å². The van der Waals surface area contributed by atoms with Crippen LogP contribution in [0.4, 0.5) is 0 Å². The highest BCUT2D eigenvalue weighted by Gasteiger charge is 2.12. The Balaban J connectivity index is 2.18. The van der Waals surface area contributed by atoms with E-state index in [4.69, 9.17) is 0 Å². The van der Waals surface area contributed by atoms with Crippen molar-refractivity contribution in [2.45, 2.75) is 33.2 Å². The van der Waals surface area contributed by atoms with E-state index in [0.717, 1.165) is 18.7 Å². The molecule has 2 aromatic rings. The van der Waals surface area contributed by atoms with Crippen molar-refractivity contribution < 1.29 is 0 Å². The molecule has 1 atom stereocenters. The number of hydrogen-bond donors (Lipinski definition) is 1. The normalized spacial score (nSPS) is 12.4. The summed E-state index contributed by atoms with van der Waals surface area (Å²) in [4.78, 5) is 4.51. The van der Waals surface area contributed by atoms with E-state index in [9.17, 15) is 0 Å². The second-order valence-corrected chi connectivity index (χ2v) is 5.06. The lowest BCUT2D eigenvalue weighted by molar-refractivity contribution is 0.536. The van der Waals surface area contributed by atoms with Crippen LogP contribution in [0, 0.1) is 13.8 Å². The molecule has 1 heterocycles. The van der Waals surface area contributed by atoms with Crippen LogP contribution in [0.5, 0.6) is 0 Å². The van der Waals surface area contributed by atoms with Crippen molar-refractivity contribution in [1.82, 2.24) is 10.3 Å². The van der Waals surface area contributed by atoms with Crippen molar-refractivity contribution in [2.24, 2.45) is 0 Å². The maximum atomic E-state index is 4.51. The van der Waals surface area contributed by atoms with E-state index in [-0.39, 0.29) is 6.04 Å². The Morgan fingerprint density at radius 1 is 1.05 bits per heavy atom. The van der Waals surface area contributed by atoms with Gasteiger partial charge in [0.1, 0.15) is 0 Å². The topological polar surface area (TPSA) is 24.9 Å². The Morgan fingerprint density at radius 2 is 1.79 bits per heavy atom. The third-order valence-corrected chi connectivity index (χ3v) is 3.30. The van der Waals surface area contributed by atoms with Crippen molar-refractivity contribution in [3.8, 4) is 0 Å². The molecule has 0 saturated heterocycles. The molecule has 0 spiro atoms. The molecule has 0 saturated carbocycles. The molecule has 1 aromatic heterocycles. The number of aryl methyl sites for hydroxylation is 2. The Morgan fingerprint density at radius 3 is 2.42 bits per heavy atom. The van der Waals surface area contributed by atoms with Gasteiger partial charge in [-0.1, -0.05) is 36.8 Å². The van der Waals surface area contributed by atoms with Gasteiger partial charge in [-0.2, -0.15) is 0 Å². The zero-order valence-electron chi connectivity index (χ0n) is 12.0. The van der Waals surface area contributed by atoms with Gasteiger partial charge in [-0.15, -0.1) is 0 Å². The highest BCUT2D eigenvalue weighted by Crippen LogP contribution is 2.17. The molecule has 2 nitrogen and oxygen atoms in total. The van der Waals surface area contributed by atoms with Crippen LogP contribution in [0.1, 0.15) is 35.3 Å². The first-order valence-electron chi connectivity index (χ1n) is 6.90. The number of nitrogens with one attached hydrogen (secondary N) is 1. The van der Waals surface area contributed by atoms with Gasteiger partial charge in [-0.3, -0.25) is 4.98 Å². The zero-order chi connectivity index (χ0) is 13.7. The van der Waals surface area contributed by atoms with Crippen LogP contribution in [0.2, 0.25) is 0 Å². The van der Waals surface area contributed by atoms with Gasteiger partial charge < -0.3 is 5.32 Å². The monoisotopic (exact) mass is 254 g/mol. The number of rotatable bonds is 5. The average Bonchev–Trinajstić information content (AvgIpc) is 2.41. The van der Waals surface area contributed by atoms with Crippen molar-refractivity contribution in [1.29, 1.82) is 0 Å². The lowest BCUT2D eigenvalue weighted by Gasteiger charge is -2.18. The second-order valence-electron chi connectivity index (χ2n) is 5.06. The molecule has 0 aliphatic carbocycles. The molecular weight excluding hydrogens is 232 g/mol. The minimum Gasteiger partial charge on any atom is -0.309 e. The summed E-state index contributed by atoms with van der Waals surface area (Å²) >= 11 is 0. The van der Waals surface area contributed by atoms with Crippen LogP contribution >= 0.6 is 0 Å². The van der Waals surface area contributed by atoms with Gasteiger partial charge in [-0.05, 0) is 50.1 Å². The van der Waals surface area contributed by atoms with E-state index in [0.29, 0.717) is 0 Å². The summed E-state index contributed by atoms with van der Waals surface area (Å²) in [6.07, 6.45) is 2.87. The molecule has 0 radical (unpaired) electrons. The van der Waals surface area contributed by atoms with E-state index in [1.54, 1.807) is 0 Å². The fraction of sp³-hybridized carbons (Fsp3) is 0.353. The van der Waals surface area contributed by atoms with Crippen LogP contribution in [-0.2, 0) is 6.42 Å². The first kappa shape index (κ1) is 13.8. The van der Waals surface area contributed by atoms with E-state index in [1.165, 1.54) is 16.7 Å². The first-order chi connectivity index (χ1) is 9.19. The molecule has 2 rings (SSSR count). The minimum atomic E-state index is 0.285. The molecule has 1 N–H and O–H groups in total. The summed E-state index contributed by atoms with van der Waals surface area (Å²) in [6, 6.07) is 13.2. The number of aromatic nitrogens is 1. The third kappa shape index (κ3) is 3.90. The molecule has 1 aromatic carbocycles. The lowest BCUT2D eigenvalue weighted by atomic mass is 10.0. The average molecular weight is 254 g/mol. The molecule has 0 bridgehead atoms. The molecular formula is C17H22N2. The van der Waals surface area contributed by atoms with Gasteiger partial charge in [0.25, 0.3) is 0 Å². The summed E-state index contributed by atoms with van der Waals surface area (Å²) in [5.41, 5.74) is 5.04. The predicted octanol–water partition coefficient (Wildman–Crippen LogP) is 3.59. The first-order valence-corrected chi connectivity index (χ1v) is 6.90. The van der Waals surface area contributed by atoms with E-state index < -0.39 is 0 Å². The summed E-state index contributed by atoms with van der Waals surface area (Å²) in [7, 11) is 0. The van der Waals surface area contributed by atoms with E-state index in [2.05, 4.69) is 61.4 Å². The molecule has 19 heavy (non-hydrogen) atoms. The van der Waals surface area contributed by atoms with Crippen LogP contribution in [-0.4, -0.2) is 11.5 Å². The minimum absolute atomic E-state index is 0.285. The Hall–Kier alpha value is -1.67. The molecule has 0 fully saturated rings. The maximum Gasteiger partial charge on any atom is 0.0579 e. The fourth-order valence-corrected chi connectivity index (χ4v) is 2.24. The van der Waals surface area contributed by atoms with Gasteiger partial charge in [0.15, 0.2) is 0 Å². The number of nitrogens with zero attached hydrogens (tertiary/aromatic N) is 1. The van der Waals surface area contributed by atoms with Crippen molar-refractivity contribution in [3.05, 3.63) is 65.0 Å². The van der Waals surface area contributed by atoms with Crippen molar-refractivity contribution >= 4 is 0 Å². The lowest BCUT2D eigenvalue weighted by Crippen LogP contribution is -2.24. The Labute approximate surface area is 115 Å². The quantitative estimate of drug-likeness (QED) is 0.882. The van der Waals surface area contributed by atoms with E-state index >= 15 is 0 Å². The van der Waals surface area contributed by atoms with Crippen LogP contribution < -0.4 is 5.32 Å². The predicted molar refractivity (Wildman–Crippen MR) is 80.3 cm³/mol. The smallest absolute Gasteiger partial charge is 0.0579 e. The number of likely N-dealkylation sites (N-methyl/N-ethyl adjacent to an activating group) is 1. The van der Waals surface area contributed by atoms with Crippen LogP contribution in [0.25, 0.3) is 0 Å². The van der Waals surface area contributed by atoms with Gasteiger partial charge in [-0.25, -0.2) is 0 Å².